The topological polar surface area (TPSA) is 24.4 Å². The molecule has 104 valence electrons. The molecule has 2 aliphatic rings. The van der Waals surface area contributed by atoms with Crippen LogP contribution in [-0.4, -0.2) is 34.5 Å². The van der Waals surface area contributed by atoms with E-state index in [1.165, 1.54) is 37.3 Å². The minimum absolute atomic E-state index is 0.469. The van der Waals surface area contributed by atoms with E-state index in [2.05, 4.69) is 42.2 Å². The summed E-state index contributed by atoms with van der Waals surface area (Å²) in [4.78, 5) is 4.65. The van der Waals surface area contributed by atoms with Gasteiger partial charge in [-0.15, -0.1) is 0 Å². The van der Waals surface area contributed by atoms with Crippen LogP contribution in [0.3, 0.4) is 0 Å². The van der Waals surface area contributed by atoms with E-state index in [-0.39, 0.29) is 0 Å². The monoisotopic (exact) mass is 286 g/mol. The van der Waals surface area contributed by atoms with Gasteiger partial charge < -0.3 is 5.32 Å². The lowest BCUT2D eigenvalue weighted by molar-refractivity contribution is 0.395. The lowest BCUT2D eigenvalue weighted by Gasteiger charge is -2.36. The number of rotatable bonds is 4. The standard InChI is InChI=1S/C14H26N2S2/c1-11(2)12-9-15-13(18-12)16-10-14(17-3)7-5-4-6-8-14/h11-12H,4-10H2,1-3H3,(H,15,16). The van der Waals surface area contributed by atoms with Gasteiger partial charge in [0.2, 0.25) is 0 Å². The number of thioether (sulfide) groups is 2. The van der Waals surface area contributed by atoms with E-state index in [9.17, 15) is 0 Å². The van der Waals surface area contributed by atoms with Gasteiger partial charge in [-0.05, 0) is 25.0 Å². The van der Waals surface area contributed by atoms with E-state index >= 15 is 0 Å². The van der Waals surface area contributed by atoms with E-state index in [4.69, 9.17) is 0 Å². The molecule has 18 heavy (non-hydrogen) atoms. The molecule has 0 radical (unpaired) electrons. The molecule has 1 aliphatic heterocycles. The highest BCUT2D eigenvalue weighted by Crippen LogP contribution is 2.38. The third-order valence-electron chi connectivity index (χ3n) is 4.18. The van der Waals surface area contributed by atoms with E-state index in [1.54, 1.807) is 0 Å². The summed E-state index contributed by atoms with van der Waals surface area (Å²) >= 11 is 4.00. The summed E-state index contributed by atoms with van der Waals surface area (Å²) in [6, 6.07) is 0. The van der Waals surface area contributed by atoms with Crippen LogP contribution in [0.5, 0.6) is 0 Å². The van der Waals surface area contributed by atoms with Gasteiger partial charge >= 0.3 is 0 Å². The summed E-state index contributed by atoms with van der Waals surface area (Å²) in [7, 11) is 0. The molecular weight excluding hydrogens is 260 g/mol. The van der Waals surface area contributed by atoms with E-state index in [0.717, 1.165) is 19.0 Å². The number of hydrogen-bond donors (Lipinski definition) is 1. The van der Waals surface area contributed by atoms with Crippen LogP contribution in [0.15, 0.2) is 4.99 Å². The van der Waals surface area contributed by atoms with Gasteiger partial charge in [-0.3, -0.25) is 4.99 Å². The van der Waals surface area contributed by atoms with Crippen LogP contribution < -0.4 is 5.32 Å². The molecule has 0 amide bonds. The number of aliphatic imine (C=N–C) groups is 1. The van der Waals surface area contributed by atoms with Gasteiger partial charge in [-0.1, -0.05) is 44.9 Å². The lowest BCUT2D eigenvalue weighted by atomic mass is 9.88. The van der Waals surface area contributed by atoms with Crippen LogP contribution in [0.1, 0.15) is 46.0 Å². The molecule has 0 aromatic carbocycles. The first-order chi connectivity index (χ1) is 8.65. The fourth-order valence-corrected chi connectivity index (χ4v) is 4.65. The molecule has 4 heteroatoms. The Morgan fingerprint density at radius 3 is 2.67 bits per heavy atom. The fourth-order valence-electron chi connectivity index (χ4n) is 2.72. The molecule has 0 aromatic heterocycles. The second kappa shape index (κ2) is 6.56. The molecule has 0 saturated heterocycles. The molecule has 1 N–H and O–H groups in total. The van der Waals surface area contributed by atoms with Crippen molar-refractivity contribution in [3.05, 3.63) is 0 Å². The van der Waals surface area contributed by atoms with Crippen molar-refractivity contribution < 1.29 is 0 Å². The maximum atomic E-state index is 4.65. The van der Waals surface area contributed by atoms with E-state index in [0.29, 0.717) is 10.00 Å². The summed E-state index contributed by atoms with van der Waals surface area (Å²) in [5, 5.41) is 5.49. The number of nitrogens with one attached hydrogen (secondary N) is 1. The van der Waals surface area contributed by atoms with Crippen LogP contribution in [0, 0.1) is 5.92 Å². The molecule has 0 aromatic rings. The molecule has 0 spiro atoms. The van der Waals surface area contributed by atoms with Gasteiger partial charge in [0.1, 0.15) is 0 Å². The normalized spacial score (nSPS) is 27.3. The smallest absolute Gasteiger partial charge is 0.156 e. The second-order valence-corrected chi connectivity index (χ2v) is 8.35. The second-order valence-electron chi connectivity index (χ2n) is 5.85. The van der Waals surface area contributed by atoms with Gasteiger partial charge in [0, 0.05) is 16.5 Å². The molecule has 1 atom stereocenters. The highest BCUT2D eigenvalue weighted by atomic mass is 32.2. The third kappa shape index (κ3) is 3.60. The first-order valence-corrected chi connectivity index (χ1v) is 9.26. The Morgan fingerprint density at radius 1 is 1.39 bits per heavy atom. The molecule has 2 nitrogen and oxygen atoms in total. The first kappa shape index (κ1) is 14.6. The Hall–Kier alpha value is 0.170. The van der Waals surface area contributed by atoms with Crippen molar-refractivity contribution in [2.75, 3.05) is 19.3 Å². The van der Waals surface area contributed by atoms with Crippen LogP contribution in [0.4, 0.5) is 0 Å². The zero-order valence-electron chi connectivity index (χ0n) is 11.9. The van der Waals surface area contributed by atoms with Crippen molar-refractivity contribution in [3.63, 3.8) is 0 Å². The molecule has 2 rings (SSSR count). The van der Waals surface area contributed by atoms with E-state index in [1.807, 2.05) is 11.8 Å². The van der Waals surface area contributed by atoms with E-state index < -0.39 is 0 Å². The Bertz CT molecular complexity index is 296. The number of amidine groups is 1. The zero-order chi connectivity index (χ0) is 13.0. The Balaban J connectivity index is 1.80. The van der Waals surface area contributed by atoms with Crippen LogP contribution in [0.2, 0.25) is 0 Å². The molecule has 0 bridgehead atoms. The third-order valence-corrected chi connectivity index (χ3v) is 7.09. The van der Waals surface area contributed by atoms with Crippen molar-refractivity contribution in [2.45, 2.75) is 55.9 Å². The molecule has 1 aliphatic carbocycles. The van der Waals surface area contributed by atoms with Crippen LogP contribution in [0.25, 0.3) is 0 Å². The minimum Gasteiger partial charge on any atom is -0.364 e. The fraction of sp³-hybridized carbons (Fsp3) is 0.929. The maximum absolute atomic E-state index is 4.65. The molecule has 1 heterocycles. The number of hydrogen-bond acceptors (Lipinski definition) is 4. The Kier molecular flexibility index (Phi) is 5.31. The van der Waals surface area contributed by atoms with Crippen molar-refractivity contribution in [2.24, 2.45) is 10.9 Å². The molecule has 1 fully saturated rings. The SMILES string of the molecule is CSC1(CNC2=NCC(C(C)C)S2)CCCCC1. The lowest BCUT2D eigenvalue weighted by Crippen LogP contribution is -2.40. The molecular formula is C14H26N2S2. The van der Waals surface area contributed by atoms with Crippen molar-refractivity contribution >= 4 is 28.7 Å². The highest BCUT2D eigenvalue weighted by molar-refractivity contribution is 8.14. The number of nitrogens with zero attached hydrogens (tertiary/aromatic N) is 1. The quantitative estimate of drug-likeness (QED) is 0.851. The Morgan fingerprint density at radius 2 is 2.11 bits per heavy atom. The largest absolute Gasteiger partial charge is 0.364 e. The van der Waals surface area contributed by atoms with Gasteiger partial charge in [0.15, 0.2) is 5.17 Å². The predicted molar refractivity (Wildman–Crippen MR) is 85.9 cm³/mol. The average Bonchev–Trinajstić information content (AvgIpc) is 2.87. The molecule has 1 unspecified atom stereocenters. The van der Waals surface area contributed by atoms with Gasteiger partial charge in [0.25, 0.3) is 0 Å². The summed E-state index contributed by atoms with van der Waals surface area (Å²) in [5.74, 6) is 0.724. The van der Waals surface area contributed by atoms with Gasteiger partial charge in [-0.2, -0.15) is 11.8 Å². The van der Waals surface area contributed by atoms with Crippen molar-refractivity contribution in [3.8, 4) is 0 Å². The maximum Gasteiger partial charge on any atom is 0.156 e. The summed E-state index contributed by atoms with van der Waals surface area (Å²) in [6.45, 7) is 6.68. The summed E-state index contributed by atoms with van der Waals surface area (Å²) in [5.41, 5.74) is 0. The zero-order valence-corrected chi connectivity index (χ0v) is 13.5. The van der Waals surface area contributed by atoms with Crippen LogP contribution >= 0.6 is 23.5 Å². The van der Waals surface area contributed by atoms with Crippen LogP contribution in [-0.2, 0) is 0 Å². The average molecular weight is 287 g/mol. The molecule has 1 saturated carbocycles. The van der Waals surface area contributed by atoms with Gasteiger partial charge in [-0.25, -0.2) is 0 Å². The van der Waals surface area contributed by atoms with Gasteiger partial charge in [0.05, 0.1) is 6.54 Å². The first-order valence-electron chi connectivity index (χ1n) is 7.15. The summed E-state index contributed by atoms with van der Waals surface area (Å²) in [6.07, 6.45) is 9.23. The summed E-state index contributed by atoms with van der Waals surface area (Å²) < 4.78 is 0.469. The van der Waals surface area contributed by atoms with Crippen molar-refractivity contribution in [1.82, 2.24) is 5.32 Å². The Labute approximate surface area is 120 Å². The highest BCUT2D eigenvalue weighted by Gasteiger charge is 2.32. The predicted octanol–water partition coefficient (Wildman–Crippen LogP) is 3.77. The van der Waals surface area contributed by atoms with Crippen molar-refractivity contribution in [1.29, 1.82) is 0 Å². The minimum atomic E-state index is 0.469.